The molecule has 1 spiro atoms. The molecular weight excluding hydrogens is 262 g/mol. The van der Waals surface area contributed by atoms with Crippen molar-refractivity contribution in [3.8, 4) is 0 Å². The van der Waals surface area contributed by atoms with Crippen LogP contribution in [0.15, 0.2) is 35.3 Å². The zero-order valence-corrected chi connectivity index (χ0v) is 12.6. The van der Waals surface area contributed by atoms with Crippen LogP contribution in [0, 0.1) is 0 Å². The lowest BCUT2D eigenvalue weighted by Crippen LogP contribution is -2.59. The zero-order chi connectivity index (χ0) is 14.9. The van der Waals surface area contributed by atoms with Crippen molar-refractivity contribution in [2.24, 2.45) is 10.7 Å². The number of carbonyl (C=O) groups excluding carboxylic acids is 1. The van der Waals surface area contributed by atoms with Gasteiger partial charge in [-0.15, -0.1) is 0 Å². The standard InChI is InChI=1S/C17H23N3O/c1-2-12-20-16(21)19-15(18)17(20)11-7-6-10-14(17)13-8-4-3-5-9-13/h3-5,8-9,14H,2,6-7,10-12H2,1H3,(H2,18,19,21). The molecule has 0 radical (unpaired) electrons. The minimum absolute atomic E-state index is 0.155. The molecule has 1 saturated carbocycles. The van der Waals surface area contributed by atoms with Crippen LogP contribution in [0.25, 0.3) is 0 Å². The SMILES string of the molecule is CCCN1C(=O)N=C(N)C12CCCCC2c1ccccc1. The van der Waals surface area contributed by atoms with Gasteiger partial charge in [0.2, 0.25) is 0 Å². The average molecular weight is 285 g/mol. The van der Waals surface area contributed by atoms with Gasteiger partial charge in [0.25, 0.3) is 0 Å². The molecule has 1 aliphatic heterocycles. The van der Waals surface area contributed by atoms with Crippen LogP contribution in [0.1, 0.15) is 50.5 Å². The van der Waals surface area contributed by atoms with Crippen molar-refractivity contribution in [1.82, 2.24) is 4.90 Å². The van der Waals surface area contributed by atoms with E-state index in [1.165, 1.54) is 12.0 Å². The second kappa shape index (κ2) is 5.51. The van der Waals surface area contributed by atoms with E-state index in [-0.39, 0.29) is 11.9 Å². The first-order valence-corrected chi connectivity index (χ1v) is 7.91. The summed E-state index contributed by atoms with van der Waals surface area (Å²) in [6.07, 6.45) is 5.20. The molecule has 21 heavy (non-hydrogen) atoms. The molecule has 1 aromatic carbocycles. The number of aliphatic imine (C=N–C) groups is 1. The van der Waals surface area contributed by atoms with E-state index < -0.39 is 5.54 Å². The first-order valence-electron chi connectivity index (χ1n) is 7.91. The Morgan fingerprint density at radius 2 is 2.10 bits per heavy atom. The number of nitrogens with zero attached hydrogens (tertiary/aromatic N) is 2. The topological polar surface area (TPSA) is 58.7 Å². The van der Waals surface area contributed by atoms with Crippen molar-refractivity contribution in [1.29, 1.82) is 0 Å². The van der Waals surface area contributed by atoms with Crippen LogP contribution in [0.3, 0.4) is 0 Å². The molecule has 2 unspecified atom stereocenters. The molecule has 1 fully saturated rings. The molecule has 2 N–H and O–H groups in total. The molecule has 4 nitrogen and oxygen atoms in total. The van der Waals surface area contributed by atoms with Crippen LogP contribution in [0.5, 0.6) is 0 Å². The summed E-state index contributed by atoms with van der Waals surface area (Å²) < 4.78 is 0. The molecule has 2 atom stereocenters. The third-order valence-corrected chi connectivity index (χ3v) is 4.90. The summed E-state index contributed by atoms with van der Waals surface area (Å²) in [5.41, 5.74) is 7.14. The van der Waals surface area contributed by atoms with Crippen molar-refractivity contribution < 1.29 is 4.79 Å². The minimum Gasteiger partial charge on any atom is -0.385 e. The van der Waals surface area contributed by atoms with Gasteiger partial charge in [-0.25, -0.2) is 4.79 Å². The number of benzene rings is 1. The van der Waals surface area contributed by atoms with Crippen molar-refractivity contribution in [3.63, 3.8) is 0 Å². The first-order chi connectivity index (χ1) is 10.2. The molecule has 0 bridgehead atoms. The van der Waals surface area contributed by atoms with Gasteiger partial charge in [-0.2, -0.15) is 4.99 Å². The van der Waals surface area contributed by atoms with Gasteiger partial charge >= 0.3 is 6.03 Å². The van der Waals surface area contributed by atoms with E-state index in [2.05, 4.69) is 36.2 Å². The molecule has 2 amide bonds. The predicted octanol–water partition coefficient (Wildman–Crippen LogP) is 3.29. The zero-order valence-electron chi connectivity index (χ0n) is 12.6. The minimum atomic E-state index is -0.396. The van der Waals surface area contributed by atoms with Crippen LogP contribution in [0.4, 0.5) is 4.79 Å². The number of rotatable bonds is 3. The lowest BCUT2D eigenvalue weighted by Gasteiger charge is -2.47. The van der Waals surface area contributed by atoms with Gasteiger partial charge in [0.1, 0.15) is 11.4 Å². The highest BCUT2D eigenvalue weighted by molar-refractivity contribution is 6.06. The van der Waals surface area contributed by atoms with E-state index in [0.717, 1.165) is 32.2 Å². The highest BCUT2D eigenvalue weighted by Gasteiger charge is 2.54. The fourth-order valence-electron chi connectivity index (χ4n) is 4.00. The Kier molecular flexibility index (Phi) is 3.70. The number of hydrogen-bond donors (Lipinski definition) is 1. The Morgan fingerprint density at radius 3 is 2.81 bits per heavy atom. The molecule has 3 rings (SSSR count). The third-order valence-electron chi connectivity index (χ3n) is 4.90. The average Bonchev–Trinajstić information content (AvgIpc) is 2.74. The predicted molar refractivity (Wildman–Crippen MR) is 84.4 cm³/mol. The summed E-state index contributed by atoms with van der Waals surface area (Å²) in [7, 11) is 0. The van der Waals surface area contributed by atoms with Crippen LogP contribution in [0.2, 0.25) is 0 Å². The van der Waals surface area contributed by atoms with Gasteiger partial charge in [-0.05, 0) is 24.8 Å². The maximum absolute atomic E-state index is 12.3. The Labute approximate surface area is 126 Å². The summed E-state index contributed by atoms with van der Waals surface area (Å²) in [5.74, 6) is 0.781. The second-order valence-electron chi connectivity index (χ2n) is 6.06. The van der Waals surface area contributed by atoms with Crippen molar-refractivity contribution >= 4 is 11.9 Å². The summed E-state index contributed by atoms with van der Waals surface area (Å²) >= 11 is 0. The molecule has 1 heterocycles. The van der Waals surface area contributed by atoms with Crippen molar-refractivity contribution in [3.05, 3.63) is 35.9 Å². The van der Waals surface area contributed by atoms with Gasteiger partial charge in [0.15, 0.2) is 0 Å². The van der Waals surface area contributed by atoms with Crippen LogP contribution in [-0.2, 0) is 0 Å². The molecule has 0 saturated heterocycles. The van der Waals surface area contributed by atoms with E-state index in [1.54, 1.807) is 0 Å². The van der Waals surface area contributed by atoms with Gasteiger partial charge in [-0.3, -0.25) is 0 Å². The lowest BCUT2D eigenvalue weighted by molar-refractivity contribution is 0.125. The molecule has 112 valence electrons. The molecule has 2 aliphatic rings. The van der Waals surface area contributed by atoms with E-state index in [0.29, 0.717) is 5.84 Å². The van der Waals surface area contributed by atoms with E-state index in [1.807, 2.05) is 11.0 Å². The largest absolute Gasteiger partial charge is 0.385 e. The van der Waals surface area contributed by atoms with Gasteiger partial charge in [0.05, 0.1) is 0 Å². The maximum Gasteiger partial charge on any atom is 0.346 e. The van der Waals surface area contributed by atoms with Crippen LogP contribution >= 0.6 is 0 Å². The molecule has 4 heteroatoms. The smallest absolute Gasteiger partial charge is 0.346 e. The Balaban J connectivity index is 2.06. The number of nitrogens with two attached hydrogens (primary N) is 1. The number of hydrogen-bond acceptors (Lipinski definition) is 2. The summed E-state index contributed by atoms with van der Waals surface area (Å²) in [6.45, 7) is 2.82. The van der Waals surface area contributed by atoms with Gasteiger partial charge in [-0.1, -0.05) is 50.1 Å². The second-order valence-corrected chi connectivity index (χ2v) is 6.06. The highest BCUT2D eigenvalue weighted by Crippen LogP contribution is 2.47. The third kappa shape index (κ3) is 2.13. The molecule has 1 aromatic rings. The Morgan fingerprint density at radius 1 is 1.33 bits per heavy atom. The van der Waals surface area contributed by atoms with E-state index in [4.69, 9.17) is 5.73 Å². The van der Waals surface area contributed by atoms with E-state index in [9.17, 15) is 4.79 Å². The summed E-state index contributed by atoms with van der Waals surface area (Å²) in [4.78, 5) is 18.3. The Bertz CT molecular complexity index is 554. The number of carbonyl (C=O) groups is 1. The van der Waals surface area contributed by atoms with Crippen molar-refractivity contribution in [2.45, 2.75) is 50.5 Å². The summed E-state index contributed by atoms with van der Waals surface area (Å²) in [6, 6.07) is 10.3. The normalized spacial score (nSPS) is 29.0. The van der Waals surface area contributed by atoms with Crippen LogP contribution < -0.4 is 5.73 Å². The van der Waals surface area contributed by atoms with Crippen molar-refractivity contribution in [2.75, 3.05) is 6.54 Å². The van der Waals surface area contributed by atoms with Gasteiger partial charge < -0.3 is 10.6 Å². The van der Waals surface area contributed by atoms with E-state index >= 15 is 0 Å². The number of amides is 2. The van der Waals surface area contributed by atoms with Crippen LogP contribution in [-0.4, -0.2) is 28.9 Å². The molecule has 0 aromatic heterocycles. The quantitative estimate of drug-likeness (QED) is 0.926. The monoisotopic (exact) mass is 285 g/mol. The molecular formula is C17H23N3O. The number of amidine groups is 1. The van der Waals surface area contributed by atoms with Gasteiger partial charge in [0, 0.05) is 12.5 Å². The lowest BCUT2D eigenvalue weighted by atomic mass is 9.68. The number of urea groups is 1. The first kappa shape index (κ1) is 14.1. The Hall–Kier alpha value is -1.84. The highest BCUT2D eigenvalue weighted by atomic mass is 16.2. The summed E-state index contributed by atoms with van der Waals surface area (Å²) in [5, 5.41) is 0. The fourth-order valence-corrected chi connectivity index (χ4v) is 4.00. The fraction of sp³-hybridized carbons (Fsp3) is 0.529. The maximum atomic E-state index is 12.3. The molecule has 1 aliphatic carbocycles.